The number of urea groups is 1. The molecule has 0 aliphatic carbocycles. The molecule has 3 amide bonds. The van der Waals surface area contributed by atoms with Gasteiger partial charge in [-0.1, -0.05) is 35.4 Å². The highest BCUT2D eigenvalue weighted by Gasteiger charge is 2.27. The lowest BCUT2D eigenvalue weighted by Gasteiger charge is -2.25. The quantitative estimate of drug-likeness (QED) is 0.204. The molecule has 2 aromatic carbocycles. The first kappa shape index (κ1) is 40.7. The van der Waals surface area contributed by atoms with Gasteiger partial charge in [0.2, 0.25) is 0 Å². The Labute approximate surface area is 260 Å². The first-order valence-electron chi connectivity index (χ1n) is 13.3. The number of hydrogen-bond donors (Lipinski definition) is 7. The maximum Gasteiger partial charge on any atom is 0.421 e. The van der Waals surface area contributed by atoms with Gasteiger partial charge < -0.3 is 31.7 Å². The van der Waals surface area contributed by atoms with E-state index in [-0.39, 0.29) is 23.0 Å². The predicted octanol–water partition coefficient (Wildman–Crippen LogP) is 1.62. The van der Waals surface area contributed by atoms with E-state index in [0.29, 0.717) is 0 Å². The van der Waals surface area contributed by atoms with Crippen LogP contribution in [-0.2, 0) is 24.8 Å². The summed E-state index contributed by atoms with van der Waals surface area (Å²) in [6.07, 6.45) is -1.24. The average molecular weight is 662 g/mol. The minimum Gasteiger partial charge on any atom is -0.446 e. The molecule has 0 fully saturated rings. The monoisotopic (exact) mass is 661 g/mol. The van der Waals surface area contributed by atoms with Crippen molar-refractivity contribution in [2.45, 2.75) is 81.8 Å². The van der Waals surface area contributed by atoms with E-state index in [1.165, 1.54) is 38.1 Å². The van der Waals surface area contributed by atoms with E-state index in [2.05, 4.69) is 5.32 Å². The lowest BCUT2D eigenvalue weighted by atomic mass is 10.1. The minimum absolute atomic E-state index is 0.0486. The van der Waals surface area contributed by atoms with Crippen molar-refractivity contribution in [3.8, 4) is 0 Å². The predicted molar refractivity (Wildman–Crippen MR) is 168 cm³/mol. The van der Waals surface area contributed by atoms with Crippen LogP contribution in [0.1, 0.15) is 52.7 Å². The zero-order chi connectivity index (χ0) is 34.6. The van der Waals surface area contributed by atoms with E-state index in [1.54, 1.807) is 70.5 Å². The van der Waals surface area contributed by atoms with E-state index in [9.17, 15) is 26.4 Å². The van der Waals surface area contributed by atoms with Crippen molar-refractivity contribution in [1.82, 2.24) is 14.8 Å². The molecule has 2 aromatic rings. The third-order valence-corrected chi connectivity index (χ3v) is 7.61. The van der Waals surface area contributed by atoms with E-state index < -0.39 is 55.4 Å². The number of aliphatic hydroxyl groups excluding tert-OH is 2. The molecule has 9 N–H and O–H groups in total. The Balaban J connectivity index is 0.00000130. The van der Waals surface area contributed by atoms with Crippen LogP contribution < -0.4 is 26.2 Å². The molecule has 16 heteroatoms. The van der Waals surface area contributed by atoms with Gasteiger partial charge >= 0.3 is 12.1 Å². The molecule has 0 aliphatic rings. The lowest BCUT2D eigenvalue weighted by Crippen LogP contribution is -2.52. The van der Waals surface area contributed by atoms with Crippen LogP contribution in [-0.4, -0.2) is 75.6 Å². The zero-order valence-electron chi connectivity index (χ0n) is 26.5. The van der Waals surface area contributed by atoms with Crippen LogP contribution in [0.4, 0.5) is 9.59 Å². The van der Waals surface area contributed by atoms with Crippen molar-refractivity contribution >= 4 is 32.2 Å². The molecular weight excluding hydrogens is 614 g/mol. The number of nitrogens with one attached hydrogen (secondary N) is 3. The van der Waals surface area contributed by atoms with Gasteiger partial charge in [-0.05, 0) is 79.7 Å². The van der Waals surface area contributed by atoms with Crippen molar-refractivity contribution in [3.63, 3.8) is 0 Å². The number of aliphatic hydroxyl groups is 2. The molecule has 0 aliphatic heterocycles. The number of carbonyl (C=O) groups excluding carboxylic acids is 2. The molecule has 0 bridgehead atoms. The number of rotatable bonds is 9. The molecule has 0 spiro atoms. The summed E-state index contributed by atoms with van der Waals surface area (Å²) in [7, 11) is -8.23. The Bertz CT molecular complexity index is 1400. The molecule has 0 saturated carbocycles. The van der Waals surface area contributed by atoms with Crippen LogP contribution in [0, 0.1) is 13.8 Å². The fourth-order valence-electron chi connectivity index (χ4n) is 2.43. The van der Waals surface area contributed by atoms with Crippen LogP contribution in [0.15, 0.2) is 58.3 Å². The average Bonchev–Trinajstić information content (AvgIpc) is 2.87. The van der Waals surface area contributed by atoms with Gasteiger partial charge in [0.05, 0.1) is 28.5 Å². The zero-order valence-corrected chi connectivity index (χ0v) is 28.1. The van der Waals surface area contributed by atoms with Gasteiger partial charge in [-0.25, -0.2) is 35.9 Å². The molecule has 0 heterocycles. The Kier molecular flexibility index (Phi) is 15.5. The molecule has 44 heavy (non-hydrogen) atoms. The van der Waals surface area contributed by atoms with Crippen molar-refractivity contribution in [3.05, 3.63) is 59.7 Å². The van der Waals surface area contributed by atoms with Crippen molar-refractivity contribution in [1.29, 1.82) is 0 Å². The first-order valence-corrected chi connectivity index (χ1v) is 16.3. The highest BCUT2D eigenvalue weighted by Crippen LogP contribution is 2.12. The van der Waals surface area contributed by atoms with E-state index >= 15 is 0 Å². The number of ether oxygens (including phenoxy) is 1. The fraction of sp³-hybridized carbons (Fsp3) is 0.500. The number of benzene rings is 2. The molecule has 0 aromatic heterocycles. The second-order valence-electron chi connectivity index (χ2n) is 12.0. The second-order valence-corrected chi connectivity index (χ2v) is 15.4. The van der Waals surface area contributed by atoms with Gasteiger partial charge in [-0.3, -0.25) is 0 Å². The highest BCUT2D eigenvalue weighted by molar-refractivity contribution is 7.90. The Morgan fingerprint density at radius 2 is 1.02 bits per heavy atom. The topological polar surface area (TPSA) is 240 Å². The van der Waals surface area contributed by atoms with E-state index in [4.69, 9.17) is 26.4 Å². The normalized spacial score (nSPS) is 12.0. The molecular formula is C28H47N5O9S2. The van der Waals surface area contributed by atoms with E-state index in [1.807, 2.05) is 4.72 Å². The summed E-state index contributed by atoms with van der Waals surface area (Å²) < 4.78 is 57.5. The molecule has 250 valence electrons. The molecule has 14 nitrogen and oxygen atoms in total. The molecule has 0 atom stereocenters. The number of hydrogen-bond acceptors (Lipinski definition) is 11. The summed E-state index contributed by atoms with van der Waals surface area (Å²) in [6.45, 7) is 13.3. The Morgan fingerprint density at radius 3 is 1.34 bits per heavy atom. The van der Waals surface area contributed by atoms with E-state index in [0.717, 1.165) is 11.1 Å². The fourth-order valence-corrected chi connectivity index (χ4v) is 4.23. The molecule has 2 rings (SSSR count). The second kappa shape index (κ2) is 16.7. The van der Waals surface area contributed by atoms with Crippen molar-refractivity contribution in [2.24, 2.45) is 11.5 Å². The van der Waals surface area contributed by atoms with Crippen LogP contribution in [0.2, 0.25) is 0 Å². The summed E-state index contributed by atoms with van der Waals surface area (Å²) in [5.74, 6) is 0. The minimum atomic E-state index is -4.13. The van der Waals surface area contributed by atoms with Crippen LogP contribution in [0.3, 0.4) is 0 Å². The Hall–Kier alpha value is -3.28. The first-order chi connectivity index (χ1) is 19.8. The van der Waals surface area contributed by atoms with Crippen molar-refractivity contribution < 1.29 is 41.4 Å². The summed E-state index contributed by atoms with van der Waals surface area (Å²) in [5.41, 5.74) is 10.3. The largest absolute Gasteiger partial charge is 0.446 e. The number of carbonyl (C=O) groups is 2. The number of sulfonamides is 2. The van der Waals surface area contributed by atoms with Gasteiger partial charge in [-0.2, -0.15) is 0 Å². The number of amides is 3. The van der Waals surface area contributed by atoms with Crippen LogP contribution in [0.5, 0.6) is 0 Å². The SMILES string of the molecule is CC(C)(N)CO.CC(C)(N)CO.Cc1ccc(S(=O)(=O)NC(=O)NC(C)(C)COC(=O)NS(=O)(=O)c2ccc(C)cc2)cc1. The van der Waals surface area contributed by atoms with Gasteiger partial charge in [0, 0.05) is 11.1 Å². The summed E-state index contributed by atoms with van der Waals surface area (Å²) in [5, 5.41) is 18.9. The Morgan fingerprint density at radius 1 is 0.705 bits per heavy atom. The molecule has 0 unspecified atom stereocenters. The lowest BCUT2D eigenvalue weighted by molar-refractivity contribution is 0.121. The summed E-state index contributed by atoms with van der Waals surface area (Å²) in [6, 6.07) is 10.7. The third-order valence-electron chi connectivity index (χ3n) is 4.94. The summed E-state index contributed by atoms with van der Waals surface area (Å²) >= 11 is 0. The van der Waals surface area contributed by atoms with Gasteiger partial charge in [0.25, 0.3) is 20.0 Å². The maximum atomic E-state index is 12.3. The summed E-state index contributed by atoms with van der Waals surface area (Å²) in [4.78, 5) is 23.9. The van der Waals surface area contributed by atoms with Gasteiger partial charge in [-0.15, -0.1) is 0 Å². The highest BCUT2D eigenvalue weighted by atomic mass is 32.2. The van der Waals surface area contributed by atoms with Crippen LogP contribution >= 0.6 is 0 Å². The number of aryl methyl sites for hydroxylation is 2. The van der Waals surface area contributed by atoms with Crippen molar-refractivity contribution in [2.75, 3.05) is 19.8 Å². The van der Waals surface area contributed by atoms with Crippen LogP contribution in [0.25, 0.3) is 0 Å². The molecule has 0 saturated heterocycles. The molecule has 0 radical (unpaired) electrons. The maximum absolute atomic E-state index is 12.3. The standard InChI is InChI=1S/C20H25N3O7S2.2C4H11NO/c1-14-5-9-16(10-6-14)31(26,27)22-18(24)21-20(3,4)13-30-19(25)23-32(28,29)17-11-7-15(2)8-12-17;2*1-4(2,5)3-6/h5-12H,13H2,1-4H3,(H,23,25)(H2,21,22,24);2*6H,3,5H2,1-2H3. The van der Waals surface area contributed by atoms with Gasteiger partial charge in [0.15, 0.2) is 0 Å². The van der Waals surface area contributed by atoms with Gasteiger partial charge in [0.1, 0.15) is 6.61 Å². The third kappa shape index (κ3) is 17.7. The number of nitrogens with two attached hydrogens (primary N) is 2. The smallest absolute Gasteiger partial charge is 0.421 e.